The monoisotopic (exact) mass is 436 g/mol. The first kappa shape index (κ1) is 17.3. The van der Waals surface area contributed by atoms with Gasteiger partial charge in [-0.25, -0.2) is 4.57 Å². The van der Waals surface area contributed by atoms with Crippen molar-refractivity contribution in [2.45, 2.75) is 46.4 Å². The number of benzene rings is 3. The van der Waals surface area contributed by atoms with Crippen molar-refractivity contribution < 1.29 is 10.1 Å². The van der Waals surface area contributed by atoms with Gasteiger partial charge in [-0.1, -0.05) is 81.4 Å². The molecule has 166 valence electrons. The van der Waals surface area contributed by atoms with Gasteiger partial charge in [-0.2, -0.15) is 0 Å². The molecule has 0 radical (unpaired) electrons. The summed E-state index contributed by atoms with van der Waals surface area (Å²) in [7, 11) is 1.91. The van der Waals surface area contributed by atoms with Gasteiger partial charge in [0, 0.05) is 34.5 Å². The molecule has 0 saturated carbocycles. The minimum atomic E-state index is -2.26. The maximum absolute atomic E-state index is 9.34. The first-order valence-electron chi connectivity index (χ1n) is 13.8. The second-order valence-electron chi connectivity index (χ2n) is 9.65. The third kappa shape index (κ3) is 3.60. The van der Waals surface area contributed by atoms with Crippen molar-refractivity contribution in [1.82, 2.24) is 0 Å². The fraction of sp³-hybridized carbons (Fsp3) is 0.281. The Kier molecular flexibility index (Phi) is 4.35. The maximum atomic E-state index is 9.34. The van der Waals surface area contributed by atoms with Crippen LogP contribution in [0.3, 0.4) is 0 Å². The van der Waals surface area contributed by atoms with E-state index < -0.39 is 12.7 Å². The number of nitrogens with zero attached hydrogens (tertiary/aromatic N) is 1. The van der Waals surface area contributed by atoms with Crippen LogP contribution in [0.5, 0.6) is 0 Å². The SMILES string of the molecule is [2H]C([2H])([2H])c1c[n+](C)c(-c2ccccc2C)cc1-c1ccc2c(c1)C(C(C)C)c1ccccc1C2([2H])C. The van der Waals surface area contributed by atoms with Gasteiger partial charge in [-0.3, -0.25) is 0 Å². The summed E-state index contributed by atoms with van der Waals surface area (Å²) in [6.45, 7) is 6.22. The van der Waals surface area contributed by atoms with Crippen LogP contribution in [0, 0.1) is 19.7 Å². The molecule has 2 atom stereocenters. The van der Waals surface area contributed by atoms with Gasteiger partial charge >= 0.3 is 0 Å². The van der Waals surface area contributed by atoms with Gasteiger partial charge in [0.2, 0.25) is 5.69 Å². The summed E-state index contributed by atoms with van der Waals surface area (Å²) in [5.41, 5.74) is 9.45. The lowest BCUT2D eigenvalue weighted by atomic mass is 9.69. The summed E-state index contributed by atoms with van der Waals surface area (Å²) < 4.78 is 36.2. The highest BCUT2D eigenvalue weighted by Crippen LogP contribution is 2.47. The molecule has 0 amide bonds. The number of rotatable bonds is 3. The van der Waals surface area contributed by atoms with Gasteiger partial charge < -0.3 is 0 Å². The van der Waals surface area contributed by atoms with Crippen LogP contribution in [0.15, 0.2) is 79.0 Å². The molecule has 0 fully saturated rings. The fourth-order valence-electron chi connectivity index (χ4n) is 5.49. The van der Waals surface area contributed by atoms with Crippen LogP contribution in [0.25, 0.3) is 22.4 Å². The van der Waals surface area contributed by atoms with Crippen molar-refractivity contribution in [3.05, 3.63) is 112 Å². The average molecular weight is 437 g/mol. The van der Waals surface area contributed by atoms with Crippen molar-refractivity contribution in [2.75, 3.05) is 0 Å². The summed E-state index contributed by atoms with van der Waals surface area (Å²) in [6.07, 6.45) is 1.76. The van der Waals surface area contributed by atoms with Crippen LogP contribution in [-0.2, 0) is 7.05 Å². The summed E-state index contributed by atoms with van der Waals surface area (Å²) in [6, 6.07) is 24.7. The number of hydrogen-bond donors (Lipinski definition) is 0. The number of aryl methyl sites for hydroxylation is 3. The Morgan fingerprint density at radius 2 is 1.52 bits per heavy atom. The normalized spacial score (nSPS) is 21.5. The quantitative estimate of drug-likeness (QED) is 0.289. The molecule has 5 rings (SSSR count). The van der Waals surface area contributed by atoms with Crippen molar-refractivity contribution in [2.24, 2.45) is 13.0 Å². The molecule has 1 heteroatoms. The van der Waals surface area contributed by atoms with E-state index in [2.05, 4.69) is 57.2 Å². The maximum Gasteiger partial charge on any atom is 0.213 e. The van der Waals surface area contributed by atoms with Gasteiger partial charge in [-0.05, 0) is 64.7 Å². The van der Waals surface area contributed by atoms with E-state index in [4.69, 9.17) is 4.11 Å². The molecule has 3 aromatic carbocycles. The Morgan fingerprint density at radius 1 is 0.818 bits per heavy atom. The van der Waals surface area contributed by atoms with E-state index >= 15 is 0 Å². The Balaban J connectivity index is 1.78. The van der Waals surface area contributed by atoms with Crippen molar-refractivity contribution >= 4 is 0 Å². The highest BCUT2D eigenvalue weighted by Gasteiger charge is 2.32. The molecule has 1 aliphatic carbocycles. The first-order chi connectivity index (χ1) is 17.4. The molecule has 1 aliphatic rings. The number of hydrogen-bond acceptors (Lipinski definition) is 0. The van der Waals surface area contributed by atoms with E-state index in [1.54, 1.807) is 6.20 Å². The van der Waals surface area contributed by atoms with E-state index in [1.807, 2.05) is 54.9 Å². The Bertz CT molecular complexity index is 1500. The van der Waals surface area contributed by atoms with Crippen molar-refractivity contribution in [3.63, 3.8) is 0 Å². The van der Waals surface area contributed by atoms with Crippen LogP contribution < -0.4 is 4.57 Å². The van der Waals surface area contributed by atoms with Crippen molar-refractivity contribution in [3.8, 4) is 22.4 Å². The van der Waals surface area contributed by atoms with Crippen LogP contribution in [0.1, 0.15) is 71.4 Å². The van der Waals surface area contributed by atoms with Gasteiger partial charge in [-0.15, -0.1) is 0 Å². The van der Waals surface area contributed by atoms with E-state index in [0.717, 1.165) is 39.1 Å². The molecular formula is C32H34N+. The lowest BCUT2D eigenvalue weighted by molar-refractivity contribution is -0.660. The van der Waals surface area contributed by atoms with Crippen LogP contribution in [-0.4, -0.2) is 0 Å². The largest absolute Gasteiger partial charge is 0.213 e. The molecule has 0 bridgehead atoms. The standard InChI is InChI=1S/C32H34N/c1-20(2)32-28-14-10-9-13-26(28)23(5)27-16-15-24(17-30(27)32)29-18-31(33(6)19-22(29)4)25-12-8-7-11-21(25)3/h7-20,23,32H,1-6H3/q+1/i4D3,23D. The number of pyridine rings is 1. The van der Waals surface area contributed by atoms with E-state index in [9.17, 15) is 1.37 Å². The Morgan fingerprint density at radius 3 is 2.24 bits per heavy atom. The van der Waals surface area contributed by atoms with Crippen LogP contribution in [0.4, 0.5) is 0 Å². The molecule has 4 aromatic rings. The van der Waals surface area contributed by atoms with Crippen LogP contribution in [0.2, 0.25) is 0 Å². The van der Waals surface area contributed by atoms with E-state index in [1.165, 1.54) is 5.56 Å². The highest BCUT2D eigenvalue weighted by atomic mass is 14.9. The molecule has 1 aromatic heterocycles. The van der Waals surface area contributed by atoms with Crippen molar-refractivity contribution in [1.29, 1.82) is 0 Å². The van der Waals surface area contributed by atoms with E-state index in [-0.39, 0.29) is 5.92 Å². The van der Waals surface area contributed by atoms with Gasteiger partial charge in [0.05, 0.1) is 0 Å². The molecule has 0 aliphatic heterocycles. The van der Waals surface area contributed by atoms with Gasteiger partial charge in [0.1, 0.15) is 7.05 Å². The van der Waals surface area contributed by atoms with Gasteiger partial charge in [0.25, 0.3) is 0 Å². The highest BCUT2D eigenvalue weighted by molar-refractivity contribution is 5.74. The lowest BCUT2D eigenvalue weighted by Gasteiger charge is -2.35. The smallest absolute Gasteiger partial charge is 0.201 e. The fourth-order valence-corrected chi connectivity index (χ4v) is 5.49. The second kappa shape index (κ2) is 8.30. The second-order valence-corrected chi connectivity index (χ2v) is 9.65. The van der Waals surface area contributed by atoms with Gasteiger partial charge in [0.15, 0.2) is 6.20 Å². The summed E-state index contributed by atoms with van der Waals surface area (Å²) in [4.78, 5) is 0. The number of fused-ring (bicyclic) bond motifs is 2. The molecule has 1 nitrogen and oxygen atoms in total. The van der Waals surface area contributed by atoms with E-state index in [0.29, 0.717) is 17.0 Å². The Labute approximate surface area is 204 Å². The molecule has 0 saturated heterocycles. The summed E-state index contributed by atoms with van der Waals surface area (Å²) in [5, 5.41) is 0. The average Bonchev–Trinajstić information content (AvgIpc) is 2.83. The predicted octanol–water partition coefficient (Wildman–Crippen LogP) is 7.72. The minimum absolute atomic E-state index is 0.136. The molecular weight excluding hydrogens is 398 g/mol. The third-order valence-electron chi connectivity index (χ3n) is 7.16. The zero-order valence-electron chi connectivity index (χ0n) is 24.1. The van der Waals surface area contributed by atoms with Crippen LogP contribution >= 0.6 is 0 Å². The minimum Gasteiger partial charge on any atom is -0.201 e. The molecule has 1 heterocycles. The third-order valence-corrected chi connectivity index (χ3v) is 7.16. The lowest BCUT2D eigenvalue weighted by Crippen LogP contribution is -2.31. The number of aromatic nitrogens is 1. The molecule has 0 spiro atoms. The summed E-state index contributed by atoms with van der Waals surface area (Å²) in [5.74, 6) is -0.418. The summed E-state index contributed by atoms with van der Waals surface area (Å²) >= 11 is 0. The molecule has 0 N–H and O–H groups in total. The topological polar surface area (TPSA) is 3.88 Å². The molecule has 2 unspecified atom stereocenters. The predicted molar refractivity (Wildman–Crippen MR) is 139 cm³/mol. The zero-order chi connectivity index (χ0) is 26.7. The molecule has 33 heavy (non-hydrogen) atoms. The first-order valence-corrected chi connectivity index (χ1v) is 11.8. The zero-order valence-corrected chi connectivity index (χ0v) is 20.1. The Hall–Kier alpha value is -3.19.